The van der Waals surface area contributed by atoms with Gasteiger partial charge in [0.05, 0.1) is 20.9 Å². The monoisotopic (exact) mass is 354 g/mol. The van der Waals surface area contributed by atoms with Crippen LogP contribution in [-0.4, -0.2) is 19.2 Å². The van der Waals surface area contributed by atoms with Crippen LogP contribution in [0.1, 0.15) is 5.56 Å². The third-order valence-corrected chi connectivity index (χ3v) is 3.92. The van der Waals surface area contributed by atoms with Gasteiger partial charge >= 0.3 is 0 Å². The minimum absolute atomic E-state index is 0.258. The summed E-state index contributed by atoms with van der Waals surface area (Å²) in [6.07, 6.45) is 0. The van der Waals surface area contributed by atoms with E-state index in [1.807, 2.05) is 55.4 Å². The van der Waals surface area contributed by atoms with Crippen molar-refractivity contribution in [3.63, 3.8) is 0 Å². The van der Waals surface area contributed by atoms with Crippen LogP contribution in [0.25, 0.3) is 0 Å². The number of nitrogens with zero attached hydrogens (tertiary/aromatic N) is 1. The number of rotatable bonds is 4. The fraction of sp³-hybridized carbons (Fsp3) is 0.200. The summed E-state index contributed by atoms with van der Waals surface area (Å²) in [4.78, 5) is 1.96. The molecule has 0 saturated carbocycles. The van der Waals surface area contributed by atoms with E-state index in [1.165, 1.54) is 0 Å². The molecule has 0 fully saturated rings. The molecule has 2 aromatic carbocycles. The van der Waals surface area contributed by atoms with Gasteiger partial charge in [-0.15, -0.1) is 0 Å². The van der Waals surface area contributed by atoms with Gasteiger partial charge in [-0.1, -0.05) is 29.8 Å². The maximum absolute atomic E-state index is 9.99. The number of para-hydroxylation sites is 2. The maximum atomic E-state index is 9.99. The van der Waals surface area contributed by atoms with Crippen LogP contribution in [0.3, 0.4) is 0 Å². The minimum atomic E-state index is 0.258. The molecule has 0 aliphatic carbocycles. The highest BCUT2D eigenvalue weighted by Gasteiger charge is 2.10. The van der Waals surface area contributed by atoms with Crippen LogP contribution in [-0.2, 0) is 6.54 Å². The molecule has 0 saturated heterocycles. The number of hydrogen-bond acceptors (Lipinski definition) is 3. The van der Waals surface area contributed by atoms with Crippen molar-refractivity contribution in [2.45, 2.75) is 6.54 Å². The van der Waals surface area contributed by atoms with Gasteiger partial charge in [-0.25, -0.2) is 0 Å². The van der Waals surface area contributed by atoms with Crippen LogP contribution in [0, 0.1) is 0 Å². The predicted octanol–water partition coefficient (Wildman–Crippen LogP) is 4.49. The van der Waals surface area contributed by atoms with E-state index >= 15 is 0 Å². The van der Waals surface area contributed by atoms with Crippen molar-refractivity contribution in [3.05, 3.63) is 51.5 Å². The topological polar surface area (TPSA) is 35.5 Å². The number of hydrogen-bond donors (Lipinski definition) is 2. The van der Waals surface area contributed by atoms with Gasteiger partial charge in [-0.3, -0.25) is 0 Å². The number of halogens is 2. The van der Waals surface area contributed by atoms with Gasteiger partial charge in [-0.05, 0) is 34.1 Å². The smallest absolute Gasteiger partial charge is 0.134 e. The molecular formula is C15H16BrClN2O. The van der Waals surface area contributed by atoms with E-state index in [1.54, 1.807) is 0 Å². The number of phenolic OH excluding ortho intramolecular Hbond substituents is 1. The van der Waals surface area contributed by atoms with Crippen LogP contribution in [0.15, 0.2) is 40.9 Å². The van der Waals surface area contributed by atoms with E-state index in [9.17, 15) is 5.11 Å². The first kappa shape index (κ1) is 15.0. The van der Waals surface area contributed by atoms with Gasteiger partial charge in [0.25, 0.3) is 0 Å². The van der Waals surface area contributed by atoms with Gasteiger partial charge in [0.1, 0.15) is 5.75 Å². The van der Waals surface area contributed by atoms with E-state index in [0.29, 0.717) is 16.0 Å². The second kappa shape index (κ2) is 6.37. The molecule has 0 heterocycles. The second-order valence-corrected chi connectivity index (χ2v) is 5.89. The average molecular weight is 356 g/mol. The van der Waals surface area contributed by atoms with Crippen molar-refractivity contribution >= 4 is 38.9 Å². The summed E-state index contributed by atoms with van der Waals surface area (Å²) in [5, 5.41) is 14.0. The Balaban J connectivity index is 2.23. The summed E-state index contributed by atoms with van der Waals surface area (Å²) in [5.41, 5.74) is 2.69. The molecule has 20 heavy (non-hydrogen) atoms. The van der Waals surface area contributed by atoms with E-state index in [2.05, 4.69) is 21.2 Å². The van der Waals surface area contributed by atoms with Gasteiger partial charge in [-0.2, -0.15) is 0 Å². The molecule has 106 valence electrons. The quantitative estimate of drug-likeness (QED) is 0.848. The number of phenols is 1. The Hall–Kier alpha value is -1.39. The first-order chi connectivity index (χ1) is 9.50. The van der Waals surface area contributed by atoms with Crippen molar-refractivity contribution in [3.8, 4) is 5.75 Å². The molecule has 0 bridgehead atoms. The lowest BCUT2D eigenvalue weighted by molar-refractivity contribution is 0.465. The van der Waals surface area contributed by atoms with Crippen LogP contribution < -0.4 is 10.2 Å². The zero-order valence-electron chi connectivity index (χ0n) is 11.3. The highest BCUT2D eigenvalue weighted by molar-refractivity contribution is 9.10. The first-order valence-electron chi connectivity index (χ1n) is 6.16. The molecule has 0 aliphatic rings. The molecule has 0 unspecified atom stereocenters. The highest BCUT2D eigenvalue weighted by Crippen LogP contribution is 2.34. The summed E-state index contributed by atoms with van der Waals surface area (Å²) in [5.74, 6) is 0.258. The van der Waals surface area contributed by atoms with Crippen LogP contribution in [0.5, 0.6) is 5.75 Å². The van der Waals surface area contributed by atoms with E-state index in [-0.39, 0.29) is 5.75 Å². The first-order valence-corrected chi connectivity index (χ1v) is 7.34. The Bertz CT molecular complexity index is 617. The molecule has 2 N–H and O–H groups in total. The molecule has 3 nitrogen and oxygen atoms in total. The van der Waals surface area contributed by atoms with Crippen molar-refractivity contribution in [1.29, 1.82) is 0 Å². The van der Waals surface area contributed by atoms with Crippen LogP contribution >= 0.6 is 27.5 Å². The fourth-order valence-electron chi connectivity index (χ4n) is 2.01. The summed E-state index contributed by atoms with van der Waals surface area (Å²) in [6, 6.07) is 11.3. The fourth-order valence-corrected chi connectivity index (χ4v) is 2.76. The molecule has 0 amide bonds. The normalized spacial score (nSPS) is 10.4. The van der Waals surface area contributed by atoms with Crippen molar-refractivity contribution in [2.75, 3.05) is 24.3 Å². The van der Waals surface area contributed by atoms with Gasteiger partial charge in [0, 0.05) is 26.2 Å². The van der Waals surface area contributed by atoms with E-state index in [0.717, 1.165) is 16.9 Å². The molecule has 0 atom stereocenters. The number of benzene rings is 2. The molecule has 2 aromatic rings. The summed E-state index contributed by atoms with van der Waals surface area (Å²) >= 11 is 9.54. The molecule has 2 rings (SSSR count). The third-order valence-electron chi connectivity index (χ3n) is 2.97. The highest BCUT2D eigenvalue weighted by atomic mass is 79.9. The standard InChI is InChI=1S/C15H16BrClN2O/c1-19(2)14-12(17)7-4-8-13(14)18-9-10-5-3-6-11(16)15(10)20/h3-8,18,20H,9H2,1-2H3. The average Bonchev–Trinajstić information content (AvgIpc) is 2.40. The number of aromatic hydroxyl groups is 1. The number of nitrogens with one attached hydrogen (secondary N) is 1. The molecule has 0 radical (unpaired) electrons. The Labute approximate surface area is 132 Å². The van der Waals surface area contributed by atoms with E-state index in [4.69, 9.17) is 11.6 Å². The minimum Gasteiger partial charge on any atom is -0.506 e. The van der Waals surface area contributed by atoms with E-state index < -0.39 is 0 Å². The largest absolute Gasteiger partial charge is 0.506 e. The van der Waals surface area contributed by atoms with Crippen LogP contribution in [0.4, 0.5) is 11.4 Å². The SMILES string of the molecule is CN(C)c1c(Cl)cccc1NCc1cccc(Br)c1O. The third kappa shape index (κ3) is 3.19. The van der Waals surface area contributed by atoms with Crippen molar-refractivity contribution in [2.24, 2.45) is 0 Å². The molecular weight excluding hydrogens is 340 g/mol. The van der Waals surface area contributed by atoms with Crippen LogP contribution in [0.2, 0.25) is 5.02 Å². The summed E-state index contributed by atoms with van der Waals surface area (Å²) < 4.78 is 0.690. The van der Waals surface area contributed by atoms with Crippen molar-refractivity contribution < 1.29 is 5.11 Å². The number of anilines is 2. The molecule has 0 aromatic heterocycles. The Kier molecular flexibility index (Phi) is 4.78. The van der Waals surface area contributed by atoms with Gasteiger partial charge < -0.3 is 15.3 Å². The summed E-state index contributed by atoms with van der Waals surface area (Å²) in [7, 11) is 3.89. The molecule has 5 heteroatoms. The lowest BCUT2D eigenvalue weighted by Gasteiger charge is -2.20. The lowest BCUT2D eigenvalue weighted by Crippen LogP contribution is -2.12. The Morgan fingerprint density at radius 2 is 1.90 bits per heavy atom. The van der Waals surface area contributed by atoms with Gasteiger partial charge in [0.2, 0.25) is 0 Å². The molecule has 0 spiro atoms. The zero-order chi connectivity index (χ0) is 14.7. The Morgan fingerprint density at radius 3 is 2.60 bits per heavy atom. The molecule has 0 aliphatic heterocycles. The Morgan fingerprint density at radius 1 is 1.20 bits per heavy atom. The lowest BCUT2D eigenvalue weighted by atomic mass is 10.2. The second-order valence-electron chi connectivity index (χ2n) is 4.63. The van der Waals surface area contributed by atoms with Gasteiger partial charge in [0.15, 0.2) is 0 Å². The maximum Gasteiger partial charge on any atom is 0.134 e. The zero-order valence-corrected chi connectivity index (χ0v) is 13.7. The van der Waals surface area contributed by atoms with Crippen molar-refractivity contribution in [1.82, 2.24) is 0 Å². The summed E-state index contributed by atoms with van der Waals surface area (Å²) in [6.45, 7) is 0.520. The predicted molar refractivity (Wildman–Crippen MR) is 88.9 cm³/mol.